The first kappa shape index (κ1) is 14.4. The van der Waals surface area contributed by atoms with Gasteiger partial charge in [-0.15, -0.1) is 10.2 Å². The SMILES string of the molecule is COC(=O)CCCN(C)C(=O)c1ccc(Cl)nn1. The maximum Gasteiger partial charge on any atom is 0.305 e. The van der Waals surface area contributed by atoms with Crippen LogP contribution in [0.5, 0.6) is 0 Å². The lowest BCUT2D eigenvalue weighted by atomic mass is 10.3. The molecule has 1 amide bonds. The van der Waals surface area contributed by atoms with E-state index in [1.165, 1.54) is 24.1 Å². The summed E-state index contributed by atoms with van der Waals surface area (Å²) in [7, 11) is 2.97. The molecule has 0 aliphatic rings. The van der Waals surface area contributed by atoms with Crippen molar-refractivity contribution in [3.63, 3.8) is 0 Å². The lowest BCUT2D eigenvalue weighted by molar-refractivity contribution is -0.140. The van der Waals surface area contributed by atoms with Crippen LogP contribution in [0.25, 0.3) is 0 Å². The Morgan fingerprint density at radius 1 is 1.39 bits per heavy atom. The van der Waals surface area contributed by atoms with Crippen LogP contribution in [0.2, 0.25) is 5.15 Å². The number of aromatic nitrogens is 2. The molecule has 0 saturated carbocycles. The van der Waals surface area contributed by atoms with Crippen LogP contribution in [0.4, 0.5) is 0 Å². The molecule has 1 aromatic rings. The first-order valence-corrected chi connectivity index (χ1v) is 5.74. The third-order valence-corrected chi connectivity index (χ3v) is 2.50. The highest BCUT2D eigenvalue weighted by Crippen LogP contribution is 2.05. The van der Waals surface area contributed by atoms with Gasteiger partial charge >= 0.3 is 5.97 Å². The molecule has 0 aromatic carbocycles. The number of hydrogen-bond donors (Lipinski definition) is 0. The van der Waals surface area contributed by atoms with E-state index in [1.807, 2.05) is 0 Å². The Morgan fingerprint density at radius 2 is 2.11 bits per heavy atom. The van der Waals surface area contributed by atoms with E-state index in [4.69, 9.17) is 11.6 Å². The highest BCUT2D eigenvalue weighted by atomic mass is 35.5. The highest BCUT2D eigenvalue weighted by Gasteiger charge is 2.13. The van der Waals surface area contributed by atoms with Crippen molar-refractivity contribution in [2.75, 3.05) is 20.7 Å². The fourth-order valence-corrected chi connectivity index (χ4v) is 1.39. The number of carbonyl (C=O) groups is 2. The standard InChI is InChI=1S/C11H14ClN3O3/c1-15(7-3-4-10(16)18-2)11(17)8-5-6-9(12)14-13-8/h5-6H,3-4,7H2,1-2H3. The van der Waals surface area contributed by atoms with Gasteiger partial charge in [0.05, 0.1) is 7.11 Å². The average Bonchev–Trinajstić information content (AvgIpc) is 2.38. The Kier molecular flexibility index (Phi) is 5.51. The highest BCUT2D eigenvalue weighted by molar-refractivity contribution is 6.29. The lowest BCUT2D eigenvalue weighted by Crippen LogP contribution is -2.29. The van der Waals surface area contributed by atoms with Crippen LogP contribution >= 0.6 is 11.6 Å². The van der Waals surface area contributed by atoms with Crippen LogP contribution < -0.4 is 0 Å². The van der Waals surface area contributed by atoms with Crippen molar-refractivity contribution < 1.29 is 14.3 Å². The molecule has 0 unspecified atom stereocenters. The van der Waals surface area contributed by atoms with Crippen LogP contribution in [0, 0.1) is 0 Å². The molecule has 18 heavy (non-hydrogen) atoms. The molecule has 1 rings (SSSR count). The van der Waals surface area contributed by atoms with Gasteiger partial charge in [-0.25, -0.2) is 0 Å². The van der Waals surface area contributed by atoms with Gasteiger partial charge in [-0.1, -0.05) is 11.6 Å². The maximum absolute atomic E-state index is 11.9. The van der Waals surface area contributed by atoms with Crippen molar-refractivity contribution in [3.05, 3.63) is 23.0 Å². The van der Waals surface area contributed by atoms with E-state index in [0.717, 1.165) is 0 Å². The molecule has 0 fully saturated rings. The fourth-order valence-electron chi connectivity index (χ4n) is 1.29. The van der Waals surface area contributed by atoms with Gasteiger partial charge in [0, 0.05) is 20.0 Å². The number of methoxy groups -OCH3 is 1. The number of ether oxygens (including phenoxy) is 1. The molecule has 6 nitrogen and oxygen atoms in total. The van der Waals surface area contributed by atoms with E-state index in [9.17, 15) is 9.59 Å². The zero-order valence-electron chi connectivity index (χ0n) is 10.2. The Morgan fingerprint density at radius 3 is 2.67 bits per heavy atom. The predicted octanol–water partition coefficient (Wildman–Crippen LogP) is 1.16. The quantitative estimate of drug-likeness (QED) is 0.752. The molecule has 0 aliphatic heterocycles. The van der Waals surface area contributed by atoms with Crippen molar-refractivity contribution in [3.8, 4) is 0 Å². The van der Waals surface area contributed by atoms with Gasteiger partial charge in [-0.3, -0.25) is 9.59 Å². The van der Waals surface area contributed by atoms with E-state index in [-0.39, 0.29) is 29.1 Å². The van der Waals surface area contributed by atoms with Crippen LogP contribution in [-0.4, -0.2) is 47.7 Å². The van der Waals surface area contributed by atoms with Crippen molar-refractivity contribution in [1.29, 1.82) is 0 Å². The second-order valence-electron chi connectivity index (χ2n) is 3.65. The molecule has 1 heterocycles. The van der Waals surface area contributed by atoms with Gasteiger partial charge in [0.15, 0.2) is 10.8 Å². The van der Waals surface area contributed by atoms with Crippen molar-refractivity contribution in [1.82, 2.24) is 15.1 Å². The summed E-state index contributed by atoms with van der Waals surface area (Å²) in [5, 5.41) is 7.53. The molecule has 0 aliphatic carbocycles. The molecular formula is C11H14ClN3O3. The first-order valence-electron chi connectivity index (χ1n) is 5.36. The molecule has 7 heteroatoms. The third-order valence-electron chi connectivity index (χ3n) is 2.30. The van der Waals surface area contributed by atoms with Crippen LogP contribution in [0.1, 0.15) is 23.3 Å². The Labute approximate surface area is 110 Å². The molecule has 0 spiro atoms. The second-order valence-corrected chi connectivity index (χ2v) is 4.03. The van der Waals surface area contributed by atoms with Gasteiger partial charge in [-0.05, 0) is 18.6 Å². The number of amides is 1. The zero-order chi connectivity index (χ0) is 13.5. The third kappa shape index (κ3) is 4.29. The number of carbonyl (C=O) groups excluding carboxylic acids is 2. The van der Waals surface area contributed by atoms with E-state index in [2.05, 4.69) is 14.9 Å². The molecule has 0 saturated heterocycles. The van der Waals surface area contributed by atoms with Gasteiger partial charge in [-0.2, -0.15) is 0 Å². The average molecular weight is 272 g/mol. The van der Waals surface area contributed by atoms with Crippen LogP contribution in [-0.2, 0) is 9.53 Å². The maximum atomic E-state index is 11.9. The molecular weight excluding hydrogens is 258 g/mol. The lowest BCUT2D eigenvalue weighted by Gasteiger charge is -2.15. The van der Waals surface area contributed by atoms with Crippen molar-refractivity contribution in [2.45, 2.75) is 12.8 Å². The molecule has 0 N–H and O–H groups in total. The number of rotatable bonds is 5. The largest absolute Gasteiger partial charge is 0.469 e. The van der Waals surface area contributed by atoms with Crippen LogP contribution in [0.15, 0.2) is 12.1 Å². The van der Waals surface area contributed by atoms with Gasteiger partial charge in [0.2, 0.25) is 0 Å². The Balaban J connectivity index is 2.46. The summed E-state index contributed by atoms with van der Waals surface area (Å²) in [4.78, 5) is 24.2. The molecule has 0 atom stereocenters. The van der Waals surface area contributed by atoms with Gasteiger partial charge in [0.25, 0.3) is 5.91 Å². The summed E-state index contributed by atoms with van der Waals surface area (Å²) in [6.45, 7) is 0.443. The minimum absolute atomic E-state index is 0.222. The second kappa shape index (κ2) is 6.90. The predicted molar refractivity (Wildman–Crippen MR) is 65.3 cm³/mol. The minimum Gasteiger partial charge on any atom is -0.469 e. The summed E-state index contributed by atoms with van der Waals surface area (Å²) < 4.78 is 4.51. The van der Waals surface area contributed by atoms with Gasteiger partial charge in [0.1, 0.15) is 0 Å². The molecule has 0 radical (unpaired) electrons. The summed E-state index contributed by atoms with van der Waals surface area (Å²) in [6.07, 6.45) is 0.816. The summed E-state index contributed by atoms with van der Waals surface area (Å²) in [6, 6.07) is 3.01. The summed E-state index contributed by atoms with van der Waals surface area (Å²) >= 11 is 5.58. The molecule has 1 aromatic heterocycles. The van der Waals surface area contributed by atoms with E-state index >= 15 is 0 Å². The summed E-state index contributed by atoms with van der Waals surface area (Å²) in [5.74, 6) is -0.550. The Bertz CT molecular complexity index is 422. The summed E-state index contributed by atoms with van der Waals surface area (Å²) in [5.41, 5.74) is 0.222. The molecule has 98 valence electrons. The van der Waals surface area contributed by atoms with Crippen LogP contribution in [0.3, 0.4) is 0 Å². The normalized spacial score (nSPS) is 9.94. The number of halogens is 1. The topological polar surface area (TPSA) is 72.4 Å². The monoisotopic (exact) mass is 271 g/mol. The van der Waals surface area contributed by atoms with Crippen molar-refractivity contribution in [2.24, 2.45) is 0 Å². The van der Waals surface area contributed by atoms with E-state index in [0.29, 0.717) is 13.0 Å². The zero-order valence-corrected chi connectivity index (χ0v) is 11.0. The Hall–Kier alpha value is -1.69. The molecule has 0 bridgehead atoms. The number of esters is 1. The fraction of sp³-hybridized carbons (Fsp3) is 0.455. The number of hydrogen-bond acceptors (Lipinski definition) is 5. The van der Waals surface area contributed by atoms with Crippen molar-refractivity contribution >= 4 is 23.5 Å². The van der Waals surface area contributed by atoms with E-state index < -0.39 is 0 Å². The minimum atomic E-state index is -0.290. The first-order chi connectivity index (χ1) is 8.54. The smallest absolute Gasteiger partial charge is 0.305 e. The van der Waals surface area contributed by atoms with E-state index in [1.54, 1.807) is 7.05 Å². The number of nitrogens with zero attached hydrogens (tertiary/aromatic N) is 3. The van der Waals surface area contributed by atoms with Gasteiger partial charge < -0.3 is 9.64 Å².